The van der Waals surface area contributed by atoms with E-state index in [-0.39, 0.29) is 18.1 Å². The van der Waals surface area contributed by atoms with Crippen molar-refractivity contribution in [2.75, 3.05) is 13.1 Å². The number of pyridine rings is 1. The molecule has 2 atom stereocenters. The van der Waals surface area contributed by atoms with E-state index in [1.54, 1.807) is 0 Å². The van der Waals surface area contributed by atoms with Crippen LogP contribution in [0.15, 0.2) is 30.6 Å². The Kier molecular flexibility index (Phi) is 5.53. The van der Waals surface area contributed by atoms with Crippen molar-refractivity contribution in [3.63, 3.8) is 0 Å². The summed E-state index contributed by atoms with van der Waals surface area (Å²) in [4.78, 5) is 14.1. The Morgan fingerprint density at radius 1 is 1.15 bits per heavy atom. The maximum atomic E-state index is 12.2. The summed E-state index contributed by atoms with van der Waals surface area (Å²) in [5.74, 6) is 0.269. The van der Waals surface area contributed by atoms with Gasteiger partial charge in [-0.1, -0.05) is 6.07 Å². The van der Waals surface area contributed by atoms with E-state index in [9.17, 15) is 4.79 Å². The highest BCUT2D eigenvalue weighted by Crippen LogP contribution is 2.12. The molecule has 2 unspecified atom stereocenters. The van der Waals surface area contributed by atoms with Crippen molar-refractivity contribution < 1.29 is 14.1 Å². The average molecular weight is 277 g/mol. The molecule has 0 spiro atoms. The molecule has 0 N–H and O–H groups in total. The van der Waals surface area contributed by atoms with Crippen LogP contribution in [0, 0.1) is 0 Å². The summed E-state index contributed by atoms with van der Waals surface area (Å²) in [5, 5.41) is 0. The number of aromatic nitrogens is 1. The molecule has 4 heteroatoms. The number of hydrogen-bond donors (Lipinski definition) is 0. The van der Waals surface area contributed by atoms with E-state index in [1.807, 2.05) is 36.9 Å². The van der Waals surface area contributed by atoms with Gasteiger partial charge in [0.2, 0.25) is 5.91 Å². The summed E-state index contributed by atoms with van der Waals surface area (Å²) in [5.41, 5.74) is 0. The van der Waals surface area contributed by atoms with Gasteiger partial charge in [0.15, 0.2) is 12.4 Å². The summed E-state index contributed by atoms with van der Waals surface area (Å²) in [6.45, 7) is 6.50. The topological polar surface area (TPSA) is 33.4 Å². The molecular weight excluding hydrogens is 252 g/mol. The number of nitrogens with zero attached hydrogens (tertiary/aromatic N) is 2. The number of morpholine rings is 1. The molecule has 110 valence electrons. The number of rotatable bonds is 5. The van der Waals surface area contributed by atoms with Gasteiger partial charge in [-0.15, -0.1) is 0 Å². The Bertz CT molecular complexity index is 412. The maximum absolute atomic E-state index is 12.2. The van der Waals surface area contributed by atoms with Gasteiger partial charge in [0.1, 0.15) is 6.54 Å². The van der Waals surface area contributed by atoms with Crippen LogP contribution in [-0.4, -0.2) is 36.1 Å². The SMILES string of the molecule is CC1CN(C(=O)CCCC[n+]2ccccc2)CC(C)O1. The highest BCUT2D eigenvalue weighted by atomic mass is 16.5. The minimum absolute atomic E-state index is 0.155. The molecule has 0 aromatic carbocycles. The van der Waals surface area contributed by atoms with Gasteiger partial charge in [0.25, 0.3) is 0 Å². The molecule has 1 aromatic rings. The van der Waals surface area contributed by atoms with Crippen LogP contribution in [0.5, 0.6) is 0 Å². The highest BCUT2D eigenvalue weighted by Gasteiger charge is 2.25. The van der Waals surface area contributed by atoms with Crippen molar-refractivity contribution in [3.05, 3.63) is 30.6 Å². The van der Waals surface area contributed by atoms with Crippen molar-refractivity contribution >= 4 is 5.91 Å². The van der Waals surface area contributed by atoms with Crippen LogP contribution in [0.4, 0.5) is 0 Å². The second-order valence-electron chi connectivity index (χ2n) is 5.63. The van der Waals surface area contributed by atoms with Crippen molar-refractivity contribution in [3.8, 4) is 0 Å². The predicted molar refractivity (Wildman–Crippen MR) is 77.1 cm³/mol. The molecule has 4 nitrogen and oxygen atoms in total. The predicted octanol–water partition coefficient (Wildman–Crippen LogP) is 1.78. The first-order valence-corrected chi connectivity index (χ1v) is 7.52. The Morgan fingerprint density at radius 2 is 1.80 bits per heavy atom. The van der Waals surface area contributed by atoms with Crippen LogP contribution >= 0.6 is 0 Å². The third-order valence-corrected chi connectivity index (χ3v) is 3.61. The number of aryl methyl sites for hydroxylation is 1. The number of amides is 1. The largest absolute Gasteiger partial charge is 0.372 e. The van der Waals surface area contributed by atoms with Crippen molar-refractivity contribution in [1.82, 2.24) is 4.90 Å². The minimum Gasteiger partial charge on any atom is -0.372 e. The summed E-state index contributed by atoms with van der Waals surface area (Å²) in [6.07, 6.45) is 7.06. The number of hydrogen-bond acceptors (Lipinski definition) is 2. The third kappa shape index (κ3) is 4.60. The van der Waals surface area contributed by atoms with Gasteiger partial charge in [-0.3, -0.25) is 4.79 Å². The number of ether oxygens (including phenoxy) is 1. The summed E-state index contributed by atoms with van der Waals surface area (Å²) >= 11 is 0. The van der Waals surface area contributed by atoms with Gasteiger partial charge in [-0.05, 0) is 20.3 Å². The summed E-state index contributed by atoms with van der Waals surface area (Å²) < 4.78 is 7.81. The van der Waals surface area contributed by atoms with Crippen LogP contribution in [0.3, 0.4) is 0 Å². The summed E-state index contributed by atoms with van der Waals surface area (Å²) in [7, 11) is 0. The second kappa shape index (κ2) is 7.39. The standard InChI is InChI=1S/C16H25N2O2/c1-14-12-18(13-15(2)20-14)16(19)8-4-7-11-17-9-5-3-6-10-17/h3,5-6,9-10,14-15H,4,7-8,11-13H2,1-2H3/q+1. The fourth-order valence-electron chi connectivity index (χ4n) is 2.69. The van der Waals surface area contributed by atoms with Crippen molar-refractivity contribution in [1.29, 1.82) is 0 Å². The molecule has 0 aliphatic carbocycles. The van der Waals surface area contributed by atoms with Crippen LogP contribution in [-0.2, 0) is 16.1 Å². The third-order valence-electron chi connectivity index (χ3n) is 3.61. The zero-order valence-electron chi connectivity index (χ0n) is 12.5. The Labute approximate surface area is 121 Å². The monoisotopic (exact) mass is 277 g/mol. The van der Waals surface area contributed by atoms with Gasteiger partial charge >= 0.3 is 0 Å². The zero-order valence-corrected chi connectivity index (χ0v) is 12.5. The van der Waals surface area contributed by atoms with Crippen molar-refractivity contribution in [2.24, 2.45) is 0 Å². The summed E-state index contributed by atoms with van der Waals surface area (Å²) in [6, 6.07) is 6.07. The van der Waals surface area contributed by atoms with Crippen molar-refractivity contribution in [2.45, 2.75) is 51.9 Å². The van der Waals surface area contributed by atoms with Gasteiger partial charge < -0.3 is 9.64 Å². The van der Waals surface area contributed by atoms with E-state index in [2.05, 4.69) is 17.0 Å². The molecule has 1 saturated heterocycles. The number of unbranched alkanes of at least 4 members (excludes halogenated alkanes) is 1. The van der Waals surface area contributed by atoms with Gasteiger partial charge in [-0.25, -0.2) is 4.57 Å². The molecule has 20 heavy (non-hydrogen) atoms. The van der Waals surface area contributed by atoms with E-state index < -0.39 is 0 Å². The minimum atomic E-state index is 0.155. The van der Waals surface area contributed by atoms with E-state index in [0.717, 1.165) is 32.5 Å². The molecule has 1 amide bonds. The molecule has 2 rings (SSSR count). The maximum Gasteiger partial charge on any atom is 0.222 e. The molecule has 1 fully saturated rings. The molecule has 1 aliphatic rings. The quantitative estimate of drug-likeness (QED) is 0.607. The van der Waals surface area contributed by atoms with E-state index in [4.69, 9.17) is 4.74 Å². The zero-order chi connectivity index (χ0) is 14.4. The van der Waals surface area contributed by atoms with Gasteiger partial charge in [0.05, 0.1) is 12.2 Å². The lowest BCUT2D eigenvalue weighted by molar-refractivity contribution is -0.697. The Morgan fingerprint density at radius 3 is 2.45 bits per heavy atom. The smallest absolute Gasteiger partial charge is 0.222 e. The fourth-order valence-corrected chi connectivity index (χ4v) is 2.69. The van der Waals surface area contributed by atoms with E-state index >= 15 is 0 Å². The Hall–Kier alpha value is -1.42. The van der Waals surface area contributed by atoms with Gasteiger partial charge in [0, 0.05) is 38.1 Å². The van der Waals surface area contributed by atoms with Crippen LogP contribution < -0.4 is 4.57 Å². The lowest BCUT2D eigenvalue weighted by Gasteiger charge is -2.35. The molecule has 0 bridgehead atoms. The normalized spacial score (nSPS) is 22.8. The van der Waals surface area contributed by atoms with Crippen LogP contribution in [0.2, 0.25) is 0 Å². The lowest BCUT2D eigenvalue weighted by Crippen LogP contribution is -2.48. The molecular formula is C16H25N2O2+. The number of carbonyl (C=O) groups excluding carboxylic acids is 1. The molecule has 2 heterocycles. The molecule has 1 aromatic heterocycles. The molecule has 0 saturated carbocycles. The van der Waals surface area contributed by atoms with E-state index in [0.29, 0.717) is 6.42 Å². The first-order valence-electron chi connectivity index (χ1n) is 7.52. The van der Waals surface area contributed by atoms with Crippen LogP contribution in [0.25, 0.3) is 0 Å². The highest BCUT2D eigenvalue weighted by molar-refractivity contribution is 5.76. The fraction of sp³-hybridized carbons (Fsp3) is 0.625. The van der Waals surface area contributed by atoms with E-state index in [1.165, 1.54) is 0 Å². The molecule has 1 aliphatic heterocycles. The van der Waals surface area contributed by atoms with Crippen LogP contribution in [0.1, 0.15) is 33.1 Å². The Balaban J connectivity index is 1.67. The lowest BCUT2D eigenvalue weighted by atomic mass is 10.1. The van der Waals surface area contributed by atoms with Gasteiger partial charge in [-0.2, -0.15) is 0 Å². The average Bonchev–Trinajstić information content (AvgIpc) is 2.43. The first kappa shape index (κ1) is 15.0. The number of carbonyl (C=O) groups is 1. The molecule has 0 radical (unpaired) electrons. The second-order valence-corrected chi connectivity index (χ2v) is 5.63. The first-order chi connectivity index (χ1) is 9.65.